The van der Waals surface area contributed by atoms with Crippen LogP contribution in [-0.2, 0) is 21.4 Å². The third-order valence-electron chi connectivity index (χ3n) is 3.39. The fraction of sp³-hybridized carbons (Fsp3) is 0.235. The number of anilines is 1. The molecule has 6 nitrogen and oxygen atoms in total. The zero-order chi connectivity index (χ0) is 18.4. The molecule has 2 rings (SSSR count). The summed E-state index contributed by atoms with van der Waals surface area (Å²) in [6, 6.07) is 13.7. The van der Waals surface area contributed by atoms with E-state index < -0.39 is 10.0 Å². The predicted molar refractivity (Wildman–Crippen MR) is 98.3 cm³/mol. The summed E-state index contributed by atoms with van der Waals surface area (Å²) in [4.78, 5) is 11.9. The van der Waals surface area contributed by atoms with Crippen molar-refractivity contribution in [1.29, 1.82) is 0 Å². The van der Waals surface area contributed by atoms with Crippen LogP contribution in [0.2, 0.25) is 5.02 Å². The van der Waals surface area contributed by atoms with Crippen molar-refractivity contribution >= 4 is 33.2 Å². The van der Waals surface area contributed by atoms with Gasteiger partial charge in [-0.2, -0.15) is 0 Å². The minimum atomic E-state index is -3.22. The van der Waals surface area contributed by atoms with Crippen molar-refractivity contribution in [3.8, 4) is 5.75 Å². The molecule has 0 unspecified atom stereocenters. The molecule has 25 heavy (non-hydrogen) atoms. The van der Waals surface area contributed by atoms with Crippen molar-refractivity contribution in [2.24, 2.45) is 0 Å². The van der Waals surface area contributed by atoms with Crippen LogP contribution in [0.25, 0.3) is 0 Å². The molecule has 1 N–H and O–H groups in total. The average molecular weight is 383 g/mol. The third kappa shape index (κ3) is 6.38. The van der Waals surface area contributed by atoms with Gasteiger partial charge in [0.05, 0.1) is 6.26 Å². The van der Waals surface area contributed by atoms with E-state index in [4.69, 9.17) is 16.3 Å². The van der Waals surface area contributed by atoms with E-state index >= 15 is 0 Å². The van der Waals surface area contributed by atoms with E-state index in [9.17, 15) is 13.2 Å². The van der Waals surface area contributed by atoms with Crippen molar-refractivity contribution in [1.82, 2.24) is 4.31 Å². The molecule has 8 heteroatoms. The second-order valence-electron chi connectivity index (χ2n) is 5.51. The van der Waals surface area contributed by atoms with E-state index in [1.54, 1.807) is 48.5 Å². The first-order chi connectivity index (χ1) is 11.7. The number of ether oxygens (including phenoxy) is 1. The van der Waals surface area contributed by atoms with E-state index in [2.05, 4.69) is 5.32 Å². The summed E-state index contributed by atoms with van der Waals surface area (Å²) < 4.78 is 29.5. The minimum Gasteiger partial charge on any atom is -0.484 e. The zero-order valence-corrected chi connectivity index (χ0v) is 15.5. The van der Waals surface area contributed by atoms with Crippen LogP contribution in [0, 0.1) is 0 Å². The maximum Gasteiger partial charge on any atom is 0.262 e. The van der Waals surface area contributed by atoms with Crippen LogP contribution in [0.15, 0.2) is 48.5 Å². The van der Waals surface area contributed by atoms with Gasteiger partial charge in [-0.15, -0.1) is 0 Å². The lowest BCUT2D eigenvalue weighted by atomic mass is 10.2. The van der Waals surface area contributed by atoms with Gasteiger partial charge in [-0.3, -0.25) is 4.79 Å². The molecule has 0 atom stereocenters. The van der Waals surface area contributed by atoms with Crippen LogP contribution in [0.1, 0.15) is 5.56 Å². The van der Waals surface area contributed by atoms with Gasteiger partial charge in [0.1, 0.15) is 5.75 Å². The van der Waals surface area contributed by atoms with E-state index in [-0.39, 0.29) is 19.1 Å². The number of benzene rings is 2. The lowest BCUT2D eigenvalue weighted by molar-refractivity contribution is -0.118. The monoisotopic (exact) mass is 382 g/mol. The summed E-state index contributed by atoms with van der Waals surface area (Å²) in [6.45, 7) is 0.140. The molecule has 2 aromatic rings. The summed E-state index contributed by atoms with van der Waals surface area (Å²) in [5.74, 6) is 0.236. The average Bonchev–Trinajstić information content (AvgIpc) is 2.55. The molecular formula is C17H19ClN2O4S. The molecule has 0 fully saturated rings. The van der Waals surface area contributed by atoms with Crippen molar-refractivity contribution in [2.45, 2.75) is 6.54 Å². The van der Waals surface area contributed by atoms with Crippen molar-refractivity contribution in [3.05, 3.63) is 59.1 Å². The predicted octanol–water partition coefficient (Wildman–Crippen LogP) is 2.75. The Kier molecular flexibility index (Phi) is 6.41. The largest absolute Gasteiger partial charge is 0.484 e. The molecule has 2 aromatic carbocycles. The van der Waals surface area contributed by atoms with Crippen molar-refractivity contribution in [2.75, 3.05) is 25.2 Å². The van der Waals surface area contributed by atoms with Gasteiger partial charge in [-0.05, 0) is 42.0 Å². The van der Waals surface area contributed by atoms with Crippen LogP contribution in [0.3, 0.4) is 0 Å². The van der Waals surface area contributed by atoms with Crippen molar-refractivity contribution < 1.29 is 17.9 Å². The molecular weight excluding hydrogens is 364 g/mol. The van der Waals surface area contributed by atoms with Crippen LogP contribution in [-0.4, -0.2) is 38.5 Å². The van der Waals surface area contributed by atoms with Gasteiger partial charge in [0.2, 0.25) is 10.0 Å². The Morgan fingerprint density at radius 2 is 1.72 bits per heavy atom. The fourth-order valence-electron chi connectivity index (χ4n) is 1.94. The Morgan fingerprint density at radius 1 is 1.12 bits per heavy atom. The van der Waals surface area contributed by atoms with Gasteiger partial charge < -0.3 is 10.1 Å². The molecule has 0 spiro atoms. The van der Waals surface area contributed by atoms with Crippen molar-refractivity contribution in [3.63, 3.8) is 0 Å². The Hall–Kier alpha value is -2.09. The number of carbonyl (C=O) groups is 1. The zero-order valence-electron chi connectivity index (χ0n) is 13.9. The Labute approximate surface area is 152 Å². The topological polar surface area (TPSA) is 75.7 Å². The van der Waals surface area contributed by atoms with Gasteiger partial charge in [0, 0.05) is 24.3 Å². The van der Waals surface area contributed by atoms with E-state index in [1.165, 1.54) is 11.4 Å². The molecule has 0 heterocycles. The maximum absolute atomic E-state index is 11.9. The number of amides is 1. The number of halogens is 1. The van der Waals surface area contributed by atoms with Crippen LogP contribution < -0.4 is 10.1 Å². The van der Waals surface area contributed by atoms with Crippen LogP contribution in [0.5, 0.6) is 5.75 Å². The summed E-state index contributed by atoms with van der Waals surface area (Å²) in [5.41, 5.74) is 1.46. The van der Waals surface area contributed by atoms with E-state index in [1.807, 2.05) is 0 Å². The number of nitrogens with zero attached hydrogens (tertiary/aromatic N) is 1. The number of hydrogen-bond acceptors (Lipinski definition) is 4. The summed E-state index contributed by atoms with van der Waals surface area (Å²) in [6.07, 6.45) is 1.16. The molecule has 134 valence electrons. The molecule has 0 saturated carbocycles. The second-order valence-corrected chi connectivity index (χ2v) is 8.03. The Morgan fingerprint density at radius 3 is 2.28 bits per heavy atom. The van der Waals surface area contributed by atoms with Crippen LogP contribution >= 0.6 is 11.6 Å². The molecule has 1 amide bonds. The highest BCUT2D eigenvalue weighted by Gasteiger charge is 2.11. The van der Waals surface area contributed by atoms with Gasteiger partial charge in [0.25, 0.3) is 5.91 Å². The molecule has 0 aliphatic heterocycles. The first-order valence-corrected chi connectivity index (χ1v) is 9.65. The smallest absolute Gasteiger partial charge is 0.262 e. The van der Waals surface area contributed by atoms with Gasteiger partial charge in [0.15, 0.2) is 6.61 Å². The number of carbonyl (C=O) groups excluding carboxylic acids is 1. The number of hydrogen-bond donors (Lipinski definition) is 1. The molecule has 0 aromatic heterocycles. The van der Waals surface area contributed by atoms with E-state index in [0.29, 0.717) is 16.5 Å². The Balaban J connectivity index is 1.84. The molecule has 0 radical (unpaired) electrons. The highest BCUT2D eigenvalue weighted by atomic mass is 35.5. The highest BCUT2D eigenvalue weighted by Crippen LogP contribution is 2.15. The van der Waals surface area contributed by atoms with Gasteiger partial charge in [-0.25, -0.2) is 12.7 Å². The number of nitrogens with one attached hydrogen (secondary N) is 1. The SMILES string of the molecule is CN(Cc1ccc(OCC(=O)Nc2ccc(Cl)cc2)cc1)S(C)(=O)=O. The van der Waals surface area contributed by atoms with Crippen LogP contribution in [0.4, 0.5) is 5.69 Å². The molecule has 0 aliphatic rings. The first-order valence-electron chi connectivity index (χ1n) is 7.42. The lowest BCUT2D eigenvalue weighted by Crippen LogP contribution is -2.24. The van der Waals surface area contributed by atoms with Gasteiger partial charge in [-0.1, -0.05) is 23.7 Å². The minimum absolute atomic E-state index is 0.134. The fourth-order valence-corrected chi connectivity index (χ4v) is 2.45. The standard InChI is InChI=1S/C17H19ClN2O4S/c1-20(25(2,22)23)11-13-3-9-16(10-4-13)24-12-17(21)19-15-7-5-14(18)6-8-15/h3-10H,11-12H2,1-2H3,(H,19,21). The second kappa shape index (κ2) is 8.33. The normalized spacial score (nSPS) is 11.4. The maximum atomic E-state index is 11.9. The number of sulfonamides is 1. The van der Waals surface area contributed by atoms with E-state index in [0.717, 1.165) is 11.8 Å². The molecule has 0 bridgehead atoms. The first kappa shape index (κ1) is 19.2. The summed E-state index contributed by atoms with van der Waals surface area (Å²) in [7, 11) is -1.71. The third-order valence-corrected chi connectivity index (χ3v) is 4.91. The Bertz CT molecular complexity index is 821. The molecule has 0 saturated heterocycles. The summed E-state index contributed by atoms with van der Waals surface area (Å²) >= 11 is 5.78. The molecule has 0 aliphatic carbocycles. The summed E-state index contributed by atoms with van der Waals surface area (Å²) in [5, 5.41) is 3.29. The highest BCUT2D eigenvalue weighted by molar-refractivity contribution is 7.88. The quantitative estimate of drug-likeness (QED) is 0.798. The number of rotatable bonds is 7. The van der Waals surface area contributed by atoms with Gasteiger partial charge >= 0.3 is 0 Å². The lowest BCUT2D eigenvalue weighted by Gasteiger charge is -2.14.